The van der Waals surface area contributed by atoms with Crippen molar-refractivity contribution in [2.24, 2.45) is 0 Å². The third kappa shape index (κ3) is 5.24. The molecule has 0 aromatic heterocycles. The van der Waals surface area contributed by atoms with E-state index in [1.165, 1.54) is 19.3 Å². The highest BCUT2D eigenvalue weighted by Crippen LogP contribution is 2.11. The van der Waals surface area contributed by atoms with Crippen molar-refractivity contribution in [1.82, 2.24) is 4.90 Å². The molecular weight excluding hydrogens is 194 g/mol. The van der Waals surface area contributed by atoms with Crippen molar-refractivity contribution in [2.45, 2.75) is 58.4 Å². The van der Waals surface area contributed by atoms with Gasteiger partial charge in [-0.2, -0.15) is 0 Å². The average molecular weight is 217 g/mol. The van der Waals surface area contributed by atoms with Crippen LogP contribution in [0.25, 0.3) is 0 Å². The Bertz CT molecular complexity index is 287. The van der Waals surface area contributed by atoms with Gasteiger partial charge in [0.15, 0.2) is 0 Å². The van der Waals surface area contributed by atoms with Crippen molar-refractivity contribution in [3.63, 3.8) is 0 Å². The molecule has 0 saturated heterocycles. The summed E-state index contributed by atoms with van der Waals surface area (Å²) in [5.41, 5.74) is 0.160. The maximum Gasteiger partial charge on any atom is 0.0615 e. The molecule has 1 heteroatoms. The zero-order valence-electron chi connectivity index (χ0n) is 10.9. The summed E-state index contributed by atoms with van der Waals surface area (Å²) >= 11 is 0. The standard InChI is InChI=1S/C15H23N/c1-15(2,3)16-13-11-9-7-5-4-6-8-10-12-14-16/h4-8,13-14H2,1-3H3. The molecular formula is C15H23N. The van der Waals surface area contributed by atoms with Crippen LogP contribution >= 0.6 is 0 Å². The lowest BCUT2D eigenvalue weighted by molar-refractivity contribution is 0.179. The van der Waals surface area contributed by atoms with Gasteiger partial charge < -0.3 is 0 Å². The van der Waals surface area contributed by atoms with Gasteiger partial charge in [-0.05, 0) is 33.6 Å². The molecule has 1 nitrogen and oxygen atoms in total. The van der Waals surface area contributed by atoms with E-state index in [0.29, 0.717) is 0 Å². The molecule has 0 fully saturated rings. The highest BCUT2D eigenvalue weighted by molar-refractivity contribution is 5.07. The number of rotatable bonds is 0. The fourth-order valence-corrected chi connectivity index (χ4v) is 1.61. The molecule has 88 valence electrons. The van der Waals surface area contributed by atoms with E-state index in [0.717, 1.165) is 25.9 Å². The van der Waals surface area contributed by atoms with Gasteiger partial charge in [-0.1, -0.05) is 18.3 Å². The summed E-state index contributed by atoms with van der Waals surface area (Å²) in [4.78, 5) is 2.34. The molecule has 0 N–H and O–H groups in total. The number of hydrogen-bond donors (Lipinski definition) is 0. The van der Waals surface area contributed by atoms with Gasteiger partial charge >= 0.3 is 0 Å². The molecule has 1 rings (SSSR count). The largest absolute Gasteiger partial charge is 0.276 e. The maximum atomic E-state index is 3.27. The molecule has 16 heavy (non-hydrogen) atoms. The smallest absolute Gasteiger partial charge is 0.0615 e. The fourth-order valence-electron chi connectivity index (χ4n) is 1.61. The molecule has 0 radical (unpaired) electrons. The Kier molecular flexibility index (Phi) is 5.44. The normalized spacial score (nSPS) is 19.4. The first-order chi connectivity index (χ1) is 7.61. The molecule has 0 atom stereocenters. The lowest BCUT2D eigenvalue weighted by Crippen LogP contribution is -2.41. The van der Waals surface area contributed by atoms with E-state index in [1.807, 2.05) is 0 Å². The van der Waals surface area contributed by atoms with Gasteiger partial charge in [0.1, 0.15) is 0 Å². The molecule has 1 heterocycles. The third-order valence-electron chi connectivity index (χ3n) is 2.84. The van der Waals surface area contributed by atoms with E-state index in [4.69, 9.17) is 0 Å². The van der Waals surface area contributed by atoms with E-state index in [1.54, 1.807) is 0 Å². The molecule has 0 aliphatic carbocycles. The van der Waals surface area contributed by atoms with Gasteiger partial charge in [0.05, 0.1) is 13.1 Å². The Hall–Kier alpha value is -0.920. The second-order valence-electron chi connectivity index (χ2n) is 5.29. The summed E-state index contributed by atoms with van der Waals surface area (Å²) in [5.74, 6) is 13.1. The summed E-state index contributed by atoms with van der Waals surface area (Å²) in [7, 11) is 0. The van der Waals surface area contributed by atoms with Gasteiger partial charge in [0.25, 0.3) is 0 Å². The first kappa shape index (κ1) is 13.1. The van der Waals surface area contributed by atoms with Crippen LogP contribution in [0.5, 0.6) is 0 Å². The highest BCUT2D eigenvalue weighted by Gasteiger charge is 2.18. The highest BCUT2D eigenvalue weighted by atomic mass is 15.2. The topological polar surface area (TPSA) is 3.24 Å². The predicted octanol–water partition coefficient (Wildman–Crippen LogP) is 3.06. The van der Waals surface area contributed by atoms with Gasteiger partial charge in [-0.15, -0.1) is 11.8 Å². The zero-order valence-corrected chi connectivity index (χ0v) is 10.9. The Balaban J connectivity index is 2.62. The molecule has 0 saturated carbocycles. The van der Waals surface area contributed by atoms with Gasteiger partial charge in [0, 0.05) is 18.4 Å². The summed E-state index contributed by atoms with van der Waals surface area (Å²) in [5, 5.41) is 0. The Morgan fingerprint density at radius 3 is 1.69 bits per heavy atom. The number of hydrogen-bond acceptors (Lipinski definition) is 1. The summed E-state index contributed by atoms with van der Waals surface area (Å²) < 4.78 is 0. The molecule has 0 spiro atoms. The molecule has 0 aromatic carbocycles. The van der Waals surface area contributed by atoms with Crippen LogP contribution in [0.3, 0.4) is 0 Å². The van der Waals surface area contributed by atoms with E-state index in [2.05, 4.69) is 49.4 Å². The van der Waals surface area contributed by atoms with Crippen molar-refractivity contribution in [1.29, 1.82) is 0 Å². The zero-order chi connectivity index (χ0) is 11.9. The van der Waals surface area contributed by atoms with Crippen LogP contribution < -0.4 is 0 Å². The second kappa shape index (κ2) is 6.62. The SMILES string of the molecule is CC(C)(C)N1CC#CCCCCCC#CC1. The maximum absolute atomic E-state index is 3.27. The van der Waals surface area contributed by atoms with E-state index < -0.39 is 0 Å². The number of nitrogens with zero attached hydrogens (tertiary/aromatic N) is 1. The predicted molar refractivity (Wildman–Crippen MR) is 70.0 cm³/mol. The summed E-state index contributed by atoms with van der Waals surface area (Å²) in [6.45, 7) is 8.36. The van der Waals surface area contributed by atoms with Crippen molar-refractivity contribution in [3.05, 3.63) is 0 Å². The second-order valence-corrected chi connectivity index (χ2v) is 5.29. The van der Waals surface area contributed by atoms with Crippen LogP contribution in [0.15, 0.2) is 0 Å². The van der Waals surface area contributed by atoms with E-state index in [-0.39, 0.29) is 5.54 Å². The van der Waals surface area contributed by atoms with Crippen LogP contribution in [0.1, 0.15) is 52.9 Å². The molecule has 0 unspecified atom stereocenters. The van der Waals surface area contributed by atoms with Gasteiger partial charge in [-0.25, -0.2) is 0 Å². The summed E-state index contributed by atoms with van der Waals surface area (Å²) in [6, 6.07) is 0. The molecule has 0 bridgehead atoms. The third-order valence-corrected chi connectivity index (χ3v) is 2.84. The van der Waals surface area contributed by atoms with Crippen LogP contribution in [0.2, 0.25) is 0 Å². The average Bonchev–Trinajstić information content (AvgIpc) is 2.16. The van der Waals surface area contributed by atoms with Crippen molar-refractivity contribution >= 4 is 0 Å². The Morgan fingerprint density at radius 2 is 1.25 bits per heavy atom. The van der Waals surface area contributed by atoms with Crippen molar-refractivity contribution in [3.8, 4) is 23.7 Å². The van der Waals surface area contributed by atoms with E-state index >= 15 is 0 Å². The minimum atomic E-state index is 0.160. The summed E-state index contributed by atoms with van der Waals surface area (Å²) in [6.07, 6.45) is 5.82. The molecule has 1 aliphatic rings. The van der Waals surface area contributed by atoms with Gasteiger partial charge in [0.2, 0.25) is 0 Å². The Morgan fingerprint density at radius 1 is 0.750 bits per heavy atom. The van der Waals surface area contributed by atoms with Gasteiger partial charge in [-0.3, -0.25) is 4.90 Å². The van der Waals surface area contributed by atoms with Crippen LogP contribution in [-0.2, 0) is 0 Å². The fraction of sp³-hybridized carbons (Fsp3) is 0.733. The van der Waals surface area contributed by atoms with Crippen molar-refractivity contribution in [2.75, 3.05) is 13.1 Å². The van der Waals surface area contributed by atoms with Crippen molar-refractivity contribution < 1.29 is 0 Å². The molecule has 0 aromatic rings. The quantitative estimate of drug-likeness (QED) is 0.564. The minimum absolute atomic E-state index is 0.160. The first-order valence-electron chi connectivity index (χ1n) is 6.27. The first-order valence-corrected chi connectivity index (χ1v) is 6.27. The van der Waals surface area contributed by atoms with Crippen LogP contribution in [0.4, 0.5) is 0 Å². The molecule has 1 aliphatic heterocycles. The van der Waals surface area contributed by atoms with Crippen LogP contribution in [-0.4, -0.2) is 23.5 Å². The van der Waals surface area contributed by atoms with Crippen LogP contribution in [0, 0.1) is 23.7 Å². The lowest BCUT2D eigenvalue weighted by atomic mass is 10.1. The monoisotopic (exact) mass is 217 g/mol. The minimum Gasteiger partial charge on any atom is -0.276 e. The van der Waals surface area contributed by atoms with E-state index in [9.17, 15) is 0 Å². The molecule has 0 amide bonds. The Labute approximate surface area is 101 Å². The lowest BCUT2D eigenvalue weighted by Gasteiger charge is -2.32.